The van der Waals surface area contributed by atoms with Crippen molar-refractivity contribution in [2.45, 2.75) is 11.7 Å². The van der Waals surface area contributed by atoms with E-state index in [-0.39, 0.29) is 11.5 Å². The van der Waals surface area contributed by atoms with Crippen LogP contribution in [0, 0.1) is 0 Å². The van der Waals surface area contributed by atoms with E-state index in [1.54, 1.807) is 36.4 Å². The first kappa shape index (κ1) is 20.1. The van der Waals surface area contributed by atoms with Crippen molar-refractivity contribution in [3.05, 3.63) is 75.2 Å². The summed E-state index contributed by atoms with van der Waals surface area (Å²) in [4.78, 5) is 12.4. The van der Waals surface area contributed by atoms with Crippen LogP contribution < -0.4 is 0 Å². The molecule has 4 nitrogen and oxygen atoms in total. The van der Waals surface area contributed by atoms with Crippen molar-refractivity contribution in [3.8, 4) is 11.4 Å². The van der Waals surface area contributed by atoms with Crippen LogP contribution >= 0.6 is 50.9 Å². The van der Waals surface area contributed by atoms with Crippen LogP contribution in [0.2, 0.25) is 10.0 Å². The molecule has 1 heterocycles. The second kappa shape index (κ2) is 9.06. The topological polar surface area (TPSA) is 47.8 Å². The van der Waals surface area contributed by atoms with Gasteiger partial charge >= 0.3 is 0 Å². The highest BCUT2D eigenvalue weighted by Crippen LogP contribution is 2.31. The summed E-state index contributed by atoms with van der Waals surface area (Å²) in [5, 5.41) is 10.2. The number of thioether (sulfide) groups is 1. The van der Waals surface area contributed by atoms with Crippen molar-refractivity contribution in [1.82, 2.24) is 14.8 Å². The number of allylic oxidation sites excluding steroid dienone is 1. The molecular formula is C19H14BrCl2N3OS. The zero-order valence-electron chi connectivity index (χ0n) is 14.0. The van der Waals surface area contributed by atoms with Crippen molar-refractivity contribution < 1.29 is 4.79 Å². The number of carbonyl (C=O) groups excluding carboxylic acids is 1. The number of halogens is 3. The van der Waals surface area contributed by atoms with Gasteiger partial charge in [-0.1, -0.05) is 69.1 Å². The Morgan fingerprint density at radius 1 is 1.19 bits per heavy atom. The highest BCUT2D eigenvalue weighted by molar-refractivity contribution is 9.10. The first-order chi connectivity index (χ1) is 13.0. The van der Waals surface area contributed by atoms with E-state index >= 15 is 0 Å². The van der Waals surface area contributed by atoms with E-state index in [0.717, 1.165) is 10.0 Å². The molecule has 0 unspecified atom stereocenters. The van der Waals surface area contributed by atoms with Gasteiger partial charge in [-0.25, -0.2) is 0 Å². The third kappa shape index (κ3) is 4.82. The maximum absolute atomic E-state index is 12.4. The van der Waals surface area contributed by atoms with Crippen LogP contribution in [0.15, 0.2) is 64.7 Å². The lowest BCUT2D eigenvalue weighted by Crippen LogP contribution is -2.05. The lowest BCUT2D eigenvalue weighted by molar-refractivity contribution is 0.102. The Balaban J connectivity index is 1.83. The van der Waals surface area contributed by atoms with E-state index in [0.29, 0.717) is 33.1 Å². The van der Waals surface area contributed by atoms with E-state index in [1.165, 1.54) is 11.8 Å². The predicted octanol–water partition coefficient (Wildman–Crippen LogP) is 6.18. The average Bonchev–Trinajstić information content (AvgIpc) is 3.03. The molecule has 0 aliphatic heterocycles. The van der Waals surface area contributed by atoms with Gasteiger partial charge in [-0.15, -0.1) is 16.8 Å². The monoisotopic (exact) mass is 481 g/mol. The number of nitrogens with zero attached hydrogens (tertiary/aromatic N) is 3. The standard InChI is InChI=1S/C19H14BrCl2N3OS/c1-2-9-25-18(15-8-7-14(21)10-16(15)22)23-24-19(25)27-11-17(26)12-3-5-13(20)6-4-12/h2-8,10H,1,9,11H2. The van der Waals surface area contributed by atoms with Gasteiger partial charge in [-0.05, 0) is 30.3 Å². The molecule has 0 fully saturated rings. The fraction of sp³-hybridized carbons (Fsp3) is 0.105. The molecule has 2 aromatic carbocycles. The summed E-state index contributed by atoms with van der Waals surface area (Å²) in [6.45, 7) is 4.28. The largest absolute Gasteiger partial charge is 0.298 e. The molecule has 3 aromatic rings. The van der Waals surface area contributed by atoms with Crippen molar-refractivity contribution in [2.24, 2.45) is 0 Å². The third-order valence-electron chi connectivity index (χ3n) is 3.70. The van der Waals surface area contributed by atoms with Gasteiger partial charge in [-0.2, -0.15) is 0 Å². The van der Waals surface area contributed by atoms with Crippen molar-refractivity contribution in [2.75, 3.05) is 5.75 Å². The lowest BCUT2D eigenvalue weighted by Gasteiger charge is -2.09. The molecule has 0 spiro atoms. The zero-order valence-corrected chi connectivity index (χ0v) is 17.9. The van der Waals surface area contributed by atoms with E-state index in [1.807, 2.05) is 16.7 Å². The highest BCUT2D eigenvalue weighted by Gasteiger charge is 2.17. The number of aromatic nitrogens is 3. The molecule has 0 atom stereocenters. The third-order valence-corrected chi connectivity index (χ3v) is 5.74. The molecule has 0 saturated heterocycles. The van der Waals surface area contributed by atoms with Crippen LogP contribution in [-0.4, -0.2) is 26.3 Å². The van der Waals surface area contributed by atoms with Gasteiger partial charge in [0.25, 0.3) is 0 Å². The van der Waals surface area contributed by atoms with Crippen molar-refractivity contribution >= 4 is 56.7 Å². The molecule has 0 saturated carbocycles. The van der Waals surface area contributed by atoms with Crippen molar-refractivity contribution in [3.63, 3.8) is 0 Å². The van der Waals surface area contributed by atoms with E-state index in [4.69, 9.17) is 23.2 Å². The summed E-state index contributed by atoms with van der Waals surface area (Å²) >= 11 is 17.0. The molecule has 0 bridgehead atoms. The second-order valence-corrected chi connectivity index (χ2v) is 8.25. The van der Waals surface area contributed by atoms with E-state index in [9.17, 15) is 4.79 Å². The molecule has 0 aliphatic rings. The van der Waals surface area contributed by atoms with Gasteiger partial charge in [0.05, 0.1) is 10.8 Å². The van der Waals surface area contributed by atoms with Gasteiger partial charge in [0.2, 0.25) is 0 Å². The lowest BCUT2D eigenvalue weighted by atomic mass is 10.2. The van der Waals surface area contributed by atoms with Crippen LogP contribution in [0.3, 0.4) is 0 Å². The number of rotatable bonds is 7. The van der Waals surface area contributed by atoms with E-state index < -0.39 is 0 Å². The fourth-order valence-electron chi connectivity index (χ4n) is 2.41. The first-order valence-corrected chi connectivity index (χ1v) is 10.4. The SMILES string of the molecule is C=CCn1c(SCC(=O)c2ccc(Br)cc2)nnc1-c1ccc(Cl)cc1Cl. The Hall–Kier alpha value is -1.60. The molecule has 1 aromatic heterocycles. The van der Waals surface area contributed by atoms with Crippen LogP contribution in [0.4, 0.5) is 0 Å². The minimum Gasteiger partial charge on any atom is -0.298 e. The number of ketones is 1. The van der Waals surface area contributed by atoms with Crippen LogP contribution in [0.25, 0.3) is 11.4 Å². The Morgan fingerprint density at radius 2 is 1.93 bits per heavy atom. The summed E-state index contributed by atoms with van der Waals surface area (Å²) in [6.07, 6.45) is 1.75. The number of Topliss-reactive ketones (excluding diaryl/α,β-unsaturated/α-hetero) is 1. The van der Waals surface area contributed by atoms with Gasteiger partial charge in [0.1, 0.15) is 0 Å². The molecule has 138 valence electrons. The Labute approximate surface area is 179 Å². The number of hydrogen-bond acceptors (Lipinski definition) is 4. The average molecular weight is 483 g/mol. The fourth-order valence-corrected chi connectivity index (χ4v) is 4.01. The van der Waals surface area contributed by atoms with Gasteiger partial charge < -0.3 is 0 Å². The molecular weight excluding hydrogens is 469 g/mol. The maximum Gasteiger partial charge on any atom is 0.192 e. The minimum absolute atomic E-state index is 0.0201. The molecule has 0 radical (unpaired) electrons. The molecule has 0 amide bonds. The Morgan fingerprint density at radius 3 is 2.59 bits per heavy atom. The smallest absolute Gasteiger partial charge is 0.192 e. The molecule has 3 rings (SSSR count). The summed E-state index contributed by atoms with van der Waals surface area (Å²) in [5.41, 5.74) is 1.38. The molecule has 0 N–H and O–H groups in total. The summed E-state index contributed by atoms with van der Waals surface area (Å²) in [7, 11) is 0. The normalized spacial score (nSPS) is 10.8. The van der Waals surface area contributed by atoms with Gasteiger partial charge in [-0.3, -0.25) is 9.36 Å². The quantitative estimate of drug-likeness (QED) is 0.229. The summed E-state index contributed by atoms with van der Waals surface area (Å²) in [6, 6.07) is 12.5. The van der Waals surface area contributed by atoms with Crippen LogP contribution in [0.1, 0.15) is 10.4 Å². The maximum atomic E-state index is 12.4. The van der Waals surface area contributed by atoms with Crippen LogP contribution in [0.5, 0.6) is 0 Å². The minimum atomic E-state index is 0.0201. The zero-order chi connectivity index (χ0) is 19.4. The number of benzene rings is 2. The Kier molecular flexibility index (Phi) is 6.76. The van der Waals surface area contributed by atoms with Crippen molar-refractivity contribution in [1.29, 1.82) is 0 Å². The summed E-state index contributed by atoms with van der Waals surface area (Å²) in [5.74, 6) is 0.882. The second-order valence-electron chi connectivity index (χ2n) is 5.55. The van der Waals surface area contributed by atoms with Crippen LogP contribution in [-0.2, 0) is 6.54 Å². The van der Waals surface area contributed by atoms with E-state index in [2.05, 4.69) is 32.7 Å². The predicted molar refractivity (Wildman–Crippen MR) is 115 cm³/mol. The number of carbonyl (C=O) groups is 1. The Bertz CT molecular complexity index is 989. The first-order valence-electron chi connectivity index (χ1n) is 7.90. The van der Waals surface area contributed by atoms with Gasteiger partial charge in [0, 0.05) is 27.2 Å². The highest BCUT2D eigenvalue weighted by atomic mass is 79.9. The molecule has 8 heteroatoms. The molecule has 0 aliphatic carbocycles. The van der Waals surface area contributed by atoms with Gasteiger partial charge in [0.15, 0.2) is 16.8 Å². The molecule has 27 heavy (non-hydrogen) atoms. The number of hydrogen-bond donors (Lipinski definition) is 0. The summed E-state index contributed by atoms with van der Waals surface area (Å²) < 4.78 is 2.81.